The van der Waals surface area contributed by atoms with Gasteiger partial charge in [0.25, 0.3) is 6.47 Å². The third-order valence-electron chi connectivity index (χ3n) is 11.0. The van der Waals surface area contributed by atoms with Gasteiger partial charge in [0.1, 0.15) is 30.2 Å². The van der Waals surface area contributed by atoms with Crippen molar-refractivity contribution < 1.29 is 58.2 Å². The van der Waals surface area contributed by atoms with Gasteiger partial charge in [-0.1, -0.05) is 46.8 Å². The Bertz CT molecular complexity index is 1470. The zero-order valence-corrected chi connectivity index (χ0v) is 25.9. The minimum Gasteiger partial charge on any atom is -0.507 e. The van der Waals surface area contributed by atoms with Gasteiger partial charge in [0.05, 0.1) is 23.5 Å². The van der Waals surface area contributed by atoms with E-state index in [4.69, 9.17) is 18.6 Å². The maximum Gasteiger partial charge on any atom is 0.338 e. The highest BCUT2D eigenvalue weighted by atomic mass is 16.6. The minimum atomic E-state index is -2.39. The summed E-state index contributed by atoms with van der Waals surface area (Å²) in [5.74, 6) is -6.85. The molecule has 3 aliphatic carbocycles. The number of Topliss-reactive ketones (excluding diaryl/α,β-unsaturated/α-hetero) is 1. The fourth-order valence-corrected chi connectivity index (χ4v) is 8.45. The molecule has 0 amide bonds. The molecule has 0 radical (unpaired) electrons. The lowest BCUT2D eigenvalue weighted by atomic mass is 9.46. The molecule has 12 nitrogen and oxygen atoms in total. The second-order valence-corrected chi connectivity index (χ2v) is 13.5. The highest BCUT2D eigenvalue weighted by molar-refractivity contribution is 5.96. The van der Waals surface area contributed by atoms with Crippen molar-refractivity contribution in [2.45, 2.75) is 82.9 Å². The molecule has 0 bridgehead atoms. The van der Waals surface area contributed by atoms with Crippen molar-refractivity contribution >= 4 is 24.2 Å². The number of ketones is 1. The van der Waals surface area contributed by atoms with Crippen molar-refractivity contribution in [2.75, 3.05) is 6.61 Å². The van der Waals surface area contributed by atoms with Crippen molar-refractivity contribution in [1.29, 1.82) is 0 Å². The van der Waals surface area contributed by atoms with E-state index in [1.807, 2.05) is 0 Å². The van der Waals surface area contributed by atoms with Crippen molar-refractivity contribution in [3.05, 3.63) is 59.8 Å². The number of hydrogen-bond donors (Lipinski definition) is 4. The maximum atomic E-state index is 14.1. The number of esters is 2. The first kappa shape index (κ1) is 32.6. The van der Waals surface area contributed by atoms with Gasteiger partial charge in [0.15, 0.2) is 17.5 Å². The summed E-state index contributed by atoms with van der Waals surface area (Å²) in [5, 5.41) is 45.9. The van der Waals surface area contributed by atoms with Gasteiger partial charge in [-0.2, -0.15) is 0 Å². The van der Waals surface area contributed by atoms with Gasteiger partial charge >= 0.3 is 11.9 Å². The fraction of sp³-hybridized carbons (Fsp3) is 0.576. The molecule has 4 N–H and O–H groups in total. The summed E-state index contributed by atoms with van der Waals surface area (Å²) in [6.07, 6.45) is 1.13. The molecule has 0 aromatic carbocycles. The number of hydrogen-bond acceptors (Lipinski definition) is 12. The number of ether oxygens (including phenoxy) is 3. The number of cyclic esters (lactones) is 1. The van der Waals surface area contributed by atoms with Crippen LogP contribution in [0.1, 0.15) is 58.9 Å². The van der Waals surface area contributed by atoms with Gasteiger partial charge in [0, 0.05) is 29.6 Å². The molecule has 2 heterocycles. The van der Waals surface area contributed by atoms with Crippen LogP contribution in [0.2, 0.25) is 0 Å². The molecule has 0 spiro atoms. The van der Waals surface area contributed by atoms with Crippen molar-refractivity contribution in [3.63, 3.8) is 0 Å². The molecule has 1 aliphatic heterocycles. The van der Waals surface area contributed by atoms with Gasteiger partial charge < -0.3 is 39.1 Å². The summed E-state index contributed by atoms with van der Waals surface area (Å²) in [7, 11) is 0. The lowest BCUT2D eigenvalue weighted by Gasteiger charge is -2.61. The second kappa shape index (κ2) is 11.0. The van der Waals surface area contributed by atoms with Gasteiger partial charge in [-0.05, 0) is 36.1 Å². The molecule has 0 unspecified atom stereocenters. The van der Waals surface area contributed by atoms with Crippen molar-refractivity contribution in [1.82, 2.24) is 0 Å². The fourth-order valence-electron chi connectivity index (χ4n) is 8.45. The Kier molecular flexibility index (Phi) is 7.95. The first-order valence-corrected chi connectivity index (χ1v) is 15.0. The van der Waals surface area contributed by atoms with Crippen molar-refractivity contribution in [2.24, 2.45) is 28.6 Å². The molecule has 2 saturated carbocycles. The van der Waals surface area contributed by atoms with Gasteiger partial charge in [-0.25, -0.2) is 9.59 Å². The average Bonchev–Trinajstić information content (AvgIpc) is 3.60. The second-order valence-electron chi connectivity index (χ2n) is 13.5. The van der Waals surface area contributed by atoms with Crippen LogP contribution in [0.3, 0.4) is 0 Å². The van der Waals surface area contributed by atoms with E-state index in [0.717, 1.165) is 0 Å². The number of aliphatic hydroxyl groups excluding tert-OH is 2. The van der Waals surface area contributed by atoms with Crippen molar-refractivity contribution in [3.8, 4) is 0 Å². The molecule has 244 valence electrons. The molecule has 45 heavy (non-hydrogen) atoms. The summed E-state index contributed by atoms with van der Waals surface area (Å²) < 4.78 is 22.2. The van der Waals surface area contributed by atoms with Crippen LogP contribution in [0.15, 0.2) is 58.6 Å². The first-order valence-electron chi connectivity index (χ1n) is 15.0. The van der Waals surface area contributed by atoms with E-state index in [0.29, 0.717) is 12.0 Å². The Hall–Kier alpha value is -3.74. The molecule has 11 atom stereocenters. The quantitative estimate of drug-likeness (QED) is 0.143. The maximum absolute atomic E-state index is 14.1. The van der Waals surface area contributed by atoms with E-state index in [2.05, 4.69) is 6.58 Å². The van der Waals surface area contributed by atoms with Crippen LogP contribution < -0.4 is 0 Å². The van der Waals surface area contributed by atoms with Gasteiger partial charge in [-0.15, -0.1) is 0 Å². The third-order valence-corrected chi connectivity index (χ3v) is 11.0. The lowest BCUT2D eigenvalue weighted by Crippen LogP contribution is -2.71. The number of fused-ring (bicyclic) bond motifs is 2. The monoisotopic (exact) mass is 628 g/mol. The average molecular weight is 629 g/mol. The van der Waals surface area contributed by atoms with Crippen LogP contribution in [0.25, 0.3) is 0 Å². The molecule has 3 fully saturated rings. The zero-order chi connectivity index (χ0) is 33.3. The topological polar surface area (TPSA) is 190 Å². The summed E-state index contributed by atoms with van der Waals surface area (Å²) in [4.78, 5) is 52.8. The Morgan fingerprint density at radius 2 is 1.93 bits per heavy atom. The van der Waals surface area contributed by atoms with E-state index in [9.17, 15) is 39.6 Å². The van der Waals surface area contributed by atoms with Crippen LogP contribution in [0, 0.1) is 28.6 Å². The van der Waals surface area contributed by atoms with E-state index >= 15 is 0 Å². The van der Waals surface area contributed by atoms with Crippen LogP contribution >= 0.6 is 0 Å². The Labute approximate surface area is 260 Å². The summed E-state index contributed by atoms with van der Waals surface area (Å²) in [6, 6.07) is 1.61. The molecule has 5 rings (SSSR count). The number of aliphatic hydroxyl groups is 4. The highest BCUT2D eigenvalue weighted by Crippen LogP contribution is 2.68. The molecular formula is C33H40O12. The first-order chi connectivity index (χ1) is 21.0. The molecule has 4 aliphatic rings. The SMILES string of the molecule is C=C1[C@@H]([C@@]2(C)C=CC(O)=C3C(=O)OC[C@@](C)(O)[C@H]32)[C@@H](OC=O)[C@H](OC(=O)[C@H](O)[C@@H](C)CC)[C@@]2(C)[C@H](c3ccoc3)CC(=O)[C@]12O. The lowest BCUT2D eigenvalue weighted by molar-refractivity contribution is -0.227. The zero-order valence-electron chi connectivity index (χ0n) is 25.9. The summed E-state index contributed by atoms with van der Waals surface area (Å²) in [5.41, 5.74) is -7.21. The van der Waals surface area contributed by atoms with E-state index in [1.54, 1.807) is 26.8 Å². The van der Waals surface area contributed by atoms with Gasteiger partial charge in [0.2, 0.25) is 0 Å². The van der Waals surface area contributed by atoms with Crippen LogP contribution in [0.5, 0.6) is 0 Å². The Balaban J connectivity index is 1.76. The smallest absolute Gasteiger partial charge is 0.338 e. The van der Waals surface area contributed by atoms with E-state index < -0.39 is 94.1 Å². The number of furan rings is 1. The molecule has 1 saturated heterocycles. The van der Waals surface area contributed by atoms with Gasteiger partial charge in [-0.3, -0.25) is 9.59 Å². The minimum absolute atomic E-state index is 0.0924. The van der Waals surface area contributed by atoms with E-state index in [-0.39, 0.29) is 24.0 Å². The highest BCUT2D eigenvalue weighted by Gasteiger charge is 2.76. The van der Waals surface area contributed by atoms with Crippen LogP contribution in [-0.4, -0.2) is 80.7 Å². The Morgan fingerprint density at radius 1 is 1.24 bits per heavy atom. The number of allylic oxidation sites excluding steroid dienone is 2. The standard InChI is InChI=1S/C33H40O12/c1-7-16(2)24(37)29(39)45-27-25(44-15-34)23(30(4)10-8-20(35)22-26(30)31(5,40)14-43-28(22)38)17(3)33(41)21(36)12-19(32(27,33)6)18-9-11-42-13-18/h8-11,13,15-16,19,23-27,35,37,40-41H,3,7,12,14H2,1-2,4-6H3/t16-,19-,23+,24+,25+,26+,27-,30+,31+,32+,33+/m0/s1. The van der Waals surface area contributed by atoms with Crippen LogP contribution in [0.4, 0.5) is 0 Å². The predicted octanol–water partition coefficient (Wildman–Crippen LogP) is 2.43. The number of carbonyl (C=O) groups is 4. The Morgan fingerprint density at radius 3 is 2.53 bits per heavy atom. The molecule has 1 aromatic heterocycles. The van der Waals surface area contributed by atoms with E-state index in [1.165, 1.54) is 38.5 Å². The number of carbonyl (C=O) groups excluding carboxylic acids is 4. The number of rotatable bonds is 8. The van der Waals surface area contributed by atoms with Crippen LogP contribution in [-0.2, 0) is 33.4 Å². The third kappa shape index (κ3) is 4.44. The molecule has 12 heteroatoms. The summed E-state index contributed by atoms with van der Waals surface area (Å²) in [6.45, 7) is 11.9. The normalized spacial score (nSPS) is 40.7. The summed E-state index contributed by atoms with van der Waals surface area (Å²) >= 11 is 0. The predicted molar refractivity (Wildman–Crippen MR) is 155 cm³/mol. The largest absolute Gasteiger partial charge is 0.507 e. The molecular weight excluding hydrogens is 588 g/mol. The molecule has 1 aromatic rings.